The Labute approximate surface area is 68.6 Å². The van der Waals surface area contributed by atoms with Gasteiger partial charge in [0, 0.05) is 0 Å². The van der Waals surface area contributed by atoms with E-state index in [0.717, 1.165) is 5.75 Å². The molecule has 64 valence electrons. The third kappa shape index (κ3) is 2.42. The SMILES string of the molecule is OB(O)O.Oc1cccc2c1O2. The first kappa shape index (κ1) is 8.86. The van der Waals surface area contributed by atoms with Gasteiger partial charge in [0.1, 0.15) is 0 Å². The summed E-state index contributed by atoms with van der Waals surface area (Å²) in [6.45, 7) is 0. The summed E-state index contributed by atoms with van der Waals surface area (Å²) >= 11 is 0. The molecule has 4 N–H and O–H groups in total. The van der Waals surface area contributed by atoms with Crippen LogP contribution in [0.5, 0.6) is 17.2 Å². The lowest BCUT2D eigenvalue weighted by Crippen LogP contribution is -2.07. The lowest BCUT2D eigenvalue weighted by atomic mass is 10.3. The summed E-state index contributed by atoms with van der Waals surface area (Å²) in [6.07, 6.45) is 0. The molecular formula is C6H7BO5. The molecule has 1 aliphatic heterocycles. The standard InChI is InChI=1S/C6H4O2.BH3O3/c7-4-2-1-3-5-6(4)8-5;2-1(3)4/h1-3,7H;2-4H. The third-order valence-electron chi connectivity index (χ3n) is 1.13. The number of benzene rings is 1. The van der Waals surface area contributed by atoms with Gasteiger partial charge in [-0.25, -0.2) is 0 Å². The summed E-state index contributed by atoms with van der Waals surface area (Å²) in [7, 11) is -2.17. The van der Waals surface area contributed by atoms with Crippen LogP contribution in [0.4, 0.5) is 0 Å². The number of phenols is 1. The molecule has 5 nitrogen and oxygen atoms in total. The molecule has 0 unspecified atom stereocenters. The van der Waals surface area contributed by atoms with E-state index in [1.54, 1.807) is 12.1 Å². The number of phenolic OH excluding ortho intramolecular Hbond substituents is 1. The van der Waals surface area contributed by atoms with Crippen LogP contribution in [0, 0.1) is 0 Å². The lowest BCUT2D eigenvalue weighted by molar-refractivity contribution is 0.278. The van der Waals surface area contributed by atoms with Crippen molar-refractivity contribution < 1.29 is 24.9 Å². The molecule has 0 spiro atoms. The fourth-order valence-electron chi connectivity index (χ4n) is 0.675. The average molecular weight is 170 g/mol. The van der Waals surface area contributed by atoms with Crippen LogP contribution in [-0.2, 0) is 0 Å². The van der Waals surface area contributed by atoms with Crippen molar-refractivity contribution in [2.75, 3.05) is 0 Å². The van der Waals surface area contributed by atoms with Gasteiger partial charge in [0.05, 0.1) is 0 Å². The van der Waals surface area contributed by atoms with Gasteiger partial charge in [0.25, 0.3) is 0 Å². The summed E-state index contributed by atoms with van der Waals surface area (Å²) < 4.78 is 4.82. The number of aromatic hydroxyl groups is 1. The second kappa shape index (κ2) is 3.44. The molecule has 0 radical (unpaired) electrons. The second-order valence-corrected chi connectivity index (χ2v) is 2.05. The number of ether oxygens (including phenoxy) is 1. The Hall–Kier alpha value is -1.24. The molecule has 0 saturated heterocycles. The smallest absolute Gasteiger partial charge is 0.504 e. The molecule has 2 rings (SSSR count). The number of hydrogen-bond acceptors (Lipinski definition) is 5. The normalized spacial score (nSPS) is 10.2. The highest BCUT2D eigenvalue weighted by Crippen LogP contribution is 2.51. The Morgan fingerprint density at radius 2 is 1.75 bits per heavy atom. The van der Waals surface area contributed by atoms with E-state index in [1.807, 2.05) is 6.07 Å². The van der Waals surface area contributed by atoms with Gasteiger partial charge in [-0.3, -0.25) is 0 Å². The van der Waals surface area contributed by atoms with E-state index in [2.05, 4.69) is 0 Å². The van der Waals surface area contributed by atoms with E-state index in [9.17, 15) is 0 Å². The van der Waals surface area contributed by atoms with E-state index in [-0.39, 0.29) is 5.75 Å². The second-order valence-electron chi connectivity index (χ2n) is 2.05. The minimum atomic E-state index is -2.17. The molecule has 1 aromatic rings. The number of rotatable bonds is 0. The van der Waals surface area contributed by atoms with Gasteiger partial charge in [-0.1, -0.05) is 6.07 Å². The minimum absolute atomic E-state index is 0.238. The largest absolute Gasteiger partial charge is 0.631 e. The highest BCUT2D eigenvalue weighted by Gasteiger charge is 2.22. The van der Waals surface area contributed by atoms with Crippen molar-refractivity contribution in [2.24, 2.45) is 0 Å². The van der Waals surface area contributed by atoms with Gasteiger partial charge in [0.15, 0.2) is 11.5 Å². The summed E-state index contributed by atoms with van der Waals surface area (Å²) in [5.41, 5.74) is 0. The molecule has 0 bridgehead atoms. The number of fused-ring (bicyclic) bond motifs is 1. The Balaban J connectivity index is 0.000000157. The van der Waals surface area contributed by atoms with Crippen molar-refractivity contribution in [3.05, 3.63) is 18.2 Å². The van der Waals surface area contributed by atoms with Crippen LogP contribution in [0.15, 0.2) is 18.2 Å². The third-order valence-corrected chi connectivity index (χ3v) is 1.13. The molecule has 1 aromatic carbocycles. The van der Waals surface area contributed by atoms with Crippen LogP contribution in [-0.4, -0.2) is 27.5 Å². The Bertz CT molecular complexity index is 272. The van der Waals surface area contributed by atoms with Crippen LogP contribution in [0.3, 0.4) is 0 Å². The maximum Gasteiger partial charge on any atom is 0.631 e. The van der Waals surface area contributed by atoms with Crippen LogP contribution in [0.25, 0.3) is 0 Å². The van der Waals surface area contributed by atoms with E-state index >= 15 is 0 Å². The molecule has 0 amide bonds. The molecule has 0 atom stereocenters. The quantitative estimate of drug-likeness (QED) is 0.314. The zero-order chi connectivity index (χ0) is 9.14. The maximum atomic E-state index is 8.85. The van der Waals surface area contributed by atoms with E-state index in [4.69, 9.17) is 24.9 Å². The Morgan fingerprint density at radius 3 is 2.17 bits per heavy atom. The topological polar surface area (TPSA) is 93.5 Å². The van der Waals surface area contributed by atoms with Gasteiger partial charge in [0.2, 0.25) is 5.75 Å². The van der Waals surface area contributed by atoms with Crippen molar-refractivity contribution in [3.8, 4) is 17.2 Å². The van der Waals surface area contributed by atoms with Gasteiger partial charge in [-0.15, -0.1) is 0 Å². The zero-order valence-electron chi connectivity index (χ0n) is 6.01. The summed E-state index contributed by atoms with van der Waals surface area (Å²) in [4.78, 5) is 0. The van der Waals surface area contributed by atoms with Crippen molar-refractivity contribution in [1.29, 1.82) is 0 Å². The first-order chi connectivity index (χ1) is 5.61. The van der Waals surface area contributed by atoms with Gasteiger partial charge < -0.3 is 24.9 Å². The van der Waals surface area contributed by atoms with Crippen molar-refractivity contribution >= 4 is 7.32 Å². The highest BCUT2D eigenvalue weighted by molar-refractivity contribution is 6.30. The predicted molar refractivity (Wildman–Crippen MR) is 40.6 cm³/mol. The van der Waals surface area contributed by atoms with Crippen molar-refractivity contribution in [1.82, 2.24) is 0 Å². The molecular weight excluding hydrogens is 163 g/mol. The molecule has 1 aliphatic rings. The fraction of sp³-hybridized carbons (Fsp3) is 0. The average Bonchev–Trinajstić information content (AvgIpc) is 2.65. The summed E-state index contributed by atoms with van der Waals surface area (Å²) in [5.74, 6) is 1.67. The van der Waals surface area contributed by atoms with Gasteiger partial charge in [-0.2, -0.15) is 0 Å². The van der Waals surface area contributed by atoms with E-state index < -0.39 is 7.32 Å². The number of hydrogen-bond donors (Lipinski definition) is 4. The summed E-state index contributed by atoms with van der Waals surface area (Å²) in [6, 6.07) is 5.17. The monoisotopic (exact) mass is 170 g/mol. The van der Waals surface area contributed by atoms with Crippen LogP contribution < -0.4 is 4.74 Å². The predicted octanol–water partition coefficient (Wildman–Crippen LogP) is -0.554. The first-order valence-electron chi connectivity index (χ1n) is 3.15. The van der Waals surface area contributed by atoms with E-state index in [0.29, 0.717) is 5.75 Å². The molecule has 6 heteroatoms. The Kier molecular flexibility index (Phi) is 2.54. The Morgan fingerprint density at radius 1 is 1.17 bits per heavy atom. The zero-order valence-corrected chi connectivity index (χ0v) is 6.01. The maximum absolute atomic E-state index is 8.85. The fourth-order valence-corrected chi connectivity index (χ4v) is 0.675. The number of para-hydroxylation sites is 1. The minimum Gasteiger partial charge on any atom is -0.504 e. The summed E-state index contributed by atoms with van der Waals surface area (Å²) in [5, 5.41) is 30.3. The molecule has 0 fully saturated rings. The van der Waals surface area contributed by atoms with Gasteiger partial charge >= 0.3 is 7.32 Å². The van der Waals surface area contributed by atoms with Gasteiger partial charge in [-0.05, 0) is 12.1 Å². The molecule has 0 aromatic heterocycles. The van der Waals surface area contributed by atoms with Crippen molar-refractivity contribution in [3.63, 3.8) is 0 Å². The van der Waals surface area contributed by atoms with Crippen molar-refractivity contribution in [2.45, 2.75) is 0 Å². The molecule has 12 heavy (non-hydrogen) atoms. The molecule has 0 aliphatic carbocycles. The first-order valence-corrected chi connectivity index (χ1v) is 3.15. The highest BCUT2D eigenvalue weighted by atomic mass is 16.6. The van der Waals surface area contributed by atoms with Crippen LogP contribution in [0.1, 0.15) is 0 Å². The van der Waals surface area contributed by atoms with Crippen LogP contribution in [0.2, 0.25) is 0 Å². The lowest BCUT2D eigenvalue weighted by Gasteiger charge is -1.77. The van der Waals surface area contributed by atoms with Crippen LogP contribution >= 0.6 is 0 Å². The van der Waals surface area contributed by atoms with E-state index in [1.165, 1.54) is 0 Å². The molecule has 0 saturated carbocycles. The molecule has 1 heterocycles.